The van der Waals surface area contributed by atoms with Gasteiger partial charge in [0.2, 0.25) is 0 Å². The largest absolute Gasteiger partial charge is 0.480 e. The van der Waals surface area contributed by atoms with Crippen molar-refractivity contribution >= 4 is 57.6 Å². The number of aliphatic carboxylic acids is 1. The van der Waals surface area contributed by atoms with Gasteiger partial charge in [-0.2, -0.15) is 0 Å². The lowest BCUT2D eigenvalue weighted by Gasteiger charge is -2.09. The molecule has 3 rings (SSSR count). The van der Waals surface area contributed by atoms with Crippen molar-refractivity contribution in [3.63, 3.8) is 0 Å². The summed E-state index contributed by atoms with van der Waals surface area (Å²) in [6.45, 7) is -0.396. The SMILES string of the molecule is O=C(O)CN1C(=O)/C(=C\c2csc(C3CC3)n2)SC1=S. The minimum Gasteiger partial charge on any atom is -0.480 e. The molecule has 2 heterocycles. The minimum atomic E-state index is -1.08. The van der Waals surface area contributed by atoms with Crippen LogP contribution < -0.4 is 0 Å². The first-order chi connectivity index (χ1) is 9.54. The van der Waals surface area contributed by atoms with E-state index in [9.17, 15) is 9.59 Å². The third-order valence-electron chi connectivity index (χ3n) is 2.91. The number of thioether (sulfide) groups is 1. The molecule has 20 heavy (non-hydrogen) atoms. The predicted molar refractivity (Wildman–Crippen MR) is 81.6 cm³/mol. The number of amides is 1. The lowest BCUT2D eigenvalue weighted by Crippen LogP contribution is -2.33. The highest BCUT2D eigenvalue weighted by molar-refractivity contribution is 8.26. The molecule has 1 saturated heterocycles. The molecule has 0 aromatic carbocycles. The molecule has 1 aliphatic carbocycles. The fourth-order valence-corrected chi connectivity index (χ4v) is 3.98. The molecule has 0 atom stereocenters. The van der Waals surface area contributed by atoms with Gasteiger partial charge in [0.05, 0.1) is 15.6 Å². The maximum Gasteiger partial charge on any atom is 0.323 e. The molecule has 2 fully saturated rings. The molecule has 1 amide bonds. The van der Waals surface area contributed by atoms with E-state index in [0.29, 0.717) is 10.8 Å². The molecule has 1 aliphatic heterocycles. The van der Waals surface area contributed by atoms with E-state index in [1.807, 2.05) is 5.38 Å². The summed E-state index contributed by atoms with van der Waals surface area (Å²) in [7, 11) is 0. The topological polar surface area (TPSA) is 70.5 Å². The minimum absolute atomic E-state index is 0.279. The molecule has 1 aromatic rings. The molecule has 0 radical (unpaired) electrons. The average Bonchev–Trinajstić information content (AvgIpc) is 3.09. The molecule has 1 N–H and O–H groups in total. The van der Waals surface area contributed by atoms with Crippen molar-refractivity contribution in [2.24, 2.45) is 0 Å². The molecule has 5 nitrogen and oxygen atoms in total. The van der Waals surface area contributed by atoms with Gasteiger partial charge in [0.1, 0.15) is 10.9 Å². The normalized spacial score (nSPS) is 21.0. The van der Waals surface area contributed by atoms with Gasteiger partial charge in [0.25, 0.3) is 5.91 Å². The molecule has 8 heteroatoms. The number of carboxylic acids is 1. The van der Waals surface area contributed by atoms with Gasteiger partial charge in [-0.1, -0.05) is 24.0 Å². The Bertz CT molecular complexity index is 634. The smallest absolute Gasteiger partial charge is 0.323 e. The fourth-order valence-electron chi connectivity index (χ4n) is 1.79. The van der Waals surface area contributed by atoms with Gasteiger partial charge >= 0.3 is 5.97 Å². The van der Waals surface area contributed by atoms with Gasteiger partial charge in [-0.3, -0.25) is 14.5 Å². The Balaban J connectivity index is 1.79. The number of nitrogens with zero attached hydrogens (tertiary/aromatic N) is 2. The van der Waals surface area contributed by atoms with Gasteiger partial charge < -0.3 is 5.11 Å². The highest BCUT2D eigenvalue weighted by atomic mass is 32.2. The van der Waals surface area contributed by atoms with Crippen LogP contribution in [0.15, 0.2) is 10.3 Å². The molecule has 1 saturated carbocycles. The van der Waals surface area contributed by atoms with E-state index in [-0.39, 0.29) is 10.2 Å². The standard InChI is InChI=1S/C12H10N2O3S3/c15-9(16)4-14-11(17)8(20-12(14)18)3-7-5-19-10(13-7)6-1-2-6/h3,5-6H,1-2,4H2,(H,15,16)/b8-3+. The highest BCUT2D eigenvalue weighted by Crippen LogP contribution is 2.42. The van der Waals surface area contributed by atoms with Crippen LogP contribution in [-0.2, 0) is 9.59 Å². The van der Waals surface area contributed by atoms with Crippen LogP contribution in [0.1, 0.15) is 29.5 Å². The molecule has 104 valence electrons. The van der Waals surface area contributed by atoms with Crippen LogP contribution in [-0.4, -0.2) is 37.7 Å². The number of hydrogen-bond donors (Lipinski definition) is 1. The lowest BCUT2D eigenvalue weighted by atomic mass is 10.3. The number of rotatable bonds is 4. The van der Waals surface area contributed by atoms with Gasteiger partial charge in [0, 0.05) is 11.3 Å². The summed E-state index contributed by atoms with van der Waals surface area (Å²) in [5.74, 6) is -0.848. The quantitative estimate of drug-likeness (QED) is 0.676. The Hall–Kier alpha value is -1.25. The van der Waals surface area contributed by atoms with Crippen molar-refractivity contribution in [3.05, 3.63) is 21.0 Å². The van der Waals surface area contributed by atoms with Crippen LogP contribution in [0.3, 0.4) is 0 Å². The van der Waals surface area contributed by atoms with E-state index in [0.717, 1.165) is 27.4 Å². The van der Waals surface area contributed by atoms with Crippen molar-refractivity contribution in [3.8, 4) is 0 Å². The van der Waals surface area contributed by atoms with E-state index in [1.165, 1.54) is 12.8 Å². The third kappa shape index (κ3) is 2.77. The Morgan fingerprint density at radius 1 is 1.60 bits per heavy atom. The van der Waals surface area contributed by atoms with Crippen LogP contribution in [0, 0.1) is 0 Å². The second-order valence-electron chi connectivity index (χ2n) is 4.55. The predicted octanol–water partition coefficient (Wildman–Crippen LogP) is 2.31. The third-order valence-corrected chi connectivity index (χ3v) is 5.32. The van der Waals surface area contributed by atoms with Crippen molar-refractivity contribution < 1.29 is 14.7 Å². The summed E-state index contributed by atoms with van der Waals surface area (Å²) in [5.41, 5.74) is 0.743. The van der Waals surface area contributed by atoms with Gasteiger partial charge in [0.15, 0.2) is 0 Å². The monoisotopic (exact) mass is 326 g/mol. The van der Waals surface area contributed by atoms with E-state index < -0.39 is 12.5 Å². The zero-order chi connectivity index (χ0) is 14.3. The zero-order valence-corrected chi connectivity index (χ0v) is 12.7. The molecule has 0 unspecified atom stereocenters. The Morgan fingerprint density at radius 3 is 3.00 bits per heavy atom. The van der Waals surface area contributed by atoms with Crippen LogP contribution >= 0.6 is 35.3 Å². The number of hydrogen-bond acceptors (Lipinski definition) is 6. The number of thiazole rings is 1. The Labute approximate surface area is 128 Å². The fraction of sp³-hybridized carbons (Fsp3) is 0.333. The lowest BCUT2D eigenvalue weighted by molar-refractivity contribution is -0.140. The summed E-state index contributed by atoms with van der Waals surface area (Å²) < 4.78 is 0.279. The number of carbonyl (C=O) groups excluding carboxylic acids is 1. The van der Waals surface area contributed by atoms with Gasteiger partial charge in [-0.15, -0.1) is 11.3 Å². The highest BCUT2D eigenvalue weighted by Gasteiger charge is 2.33. The number of thiocarbonyl (C=S) groups is 1. The number of carboxylic acid groups (broad SMARTS) is 1. The molecule has 0 bridgehead atoms. The van der Waals surface area contributed by atoms with E-state index >= 15 is 0 Å². The Morgan fingerprint density at radius 2 is 2.35 bits per heavy atom. The average molecular weight is 326 g/mol. The zero-order valence-electron chi connectivity index (χ0n) is 10.2. The Kier molecular flexibility index (Phi) is 3.61. The number of aromatic nitrogens is 1. The second-order valence-corrected chi connectivity index (χ2v) is 7.11. The maximum absolute atomic E-state index is 12.1. The van der Waals surface area contributed by atoms with Crippen molar-refractivity contribution in [1.82, 2.24) is 9.88 Å². The van der Waals surface area contributed by atoms with Crippen LogP contribution in [0.25, 0.3) is 6.08 Å². The first kappa shape index (κ1) is 13.7. The summed E-state index contributed by atoms with van der Waals surface area (Å²) in [4.78, 5) is 28.8. The van der Waals surface area contributed by atoms with Crippen LogP contribution in [0.5, 0.6) is 0 Å². The van der Waals surface area contributed by atoms with E-state index in [4.69, 9.17) is 17.3 Å². The summed E-state index contributed by atoms with van der Waals surface area (Å²) in [6, 6.07) is 0. The maximum atomic E-state index is 12.1. The first-order valence-electron chi connectivity index (χ1n) is 5.97. The van der Waals surface area contributed by atoms with Crippen LogP contribution in [0.4, 0.5) is 0 Å². The summed E-state index contributed by atoms with van der Waals surface area (Å²) >= 11 is 7.75. The number of carbonyl (C=O) groups is 2. The van der Waals surface area contributed by atoms with E-state index in [2.05, 4.69) is 4.98 Å². The second kappa shape index (κ2) is 5.27. The van der Waals surface area contributed by atoms with Crippen LogP contribution in [0.2, 0.25) is 0 Å². The summed E-state index contributed by atoms with van der Waals surface area (Å²) in [5, 5.41) is 11.8. The van der Waals surface area contributed by atoms with Gasteiger partial charge in [-0.05, 0) is 18.9 Å². The molecule has 0 spiro atoms. The van der Waals surface area contributed by atoms with Crippen molar-refractivity contribution in [2.45, 2.75) is 18.8 Å². The summed E-state index contributed by atoms with van der Waals surface area (Å²) in [6.07, 6.45) is 4.06. The molecule has 1 aromatic heterocycles. The van der Waals surface area contributed by atoms with Gasteiger partial charge in [-0.25, -0.2) is 4.98 Å². The van der Waals surface area contributed by atoms with E-state index in [1.54, 1.807) is 17.4 Å². The van der Waals surface area contributed by atoms with Crippen molar-refractivity contribution in [1.29, 1.82) is 0 Å². The molecular formula is C12H10N2O3S3. The molecular weight excluding hydrogens is 316 g/mol. The first-order valence-corrected chi connectivity index (χ1v) is 8.07. The van der Waals surface area contributed by atoms with Crippen molar-refractivity contribution in [2.75, 3.05) is 6.54 Å². The molecule has 2 aliphatic rings.